The Morgan fingerprint density at radius 1 is 1.20 bits per heavy atom. The first-order valence-corrected chi connectivity index (χ1v) is 12.8. The Bertz CT molecular complexity index is 1050. The number of anilines is 1. The van der Waals surface area contributed by atoms with Crippen LogP contribution in [-0.2, 0) is 11.3 Å². The lowest BCUT2D eigenvalue weighted by atomic mass is 9.90. The number of aromatic nitrogens is 2. The lowest BCUT2D eigenvalue weighted by Gasteiger charge is -2.39. The van der Waals surface area contributed by atoms with Crippen molar-refractivity contribution in [2.45, 2.75) is 63.1 Å². The van der Waals surface area contributed by atoms with E-state index < -0.39 is 5.60 Å². The number of rotatable bonds is 7. The van der Waals surface area contributed by atoms with Crippen LogP contribution in [0.2, 0.25) is 0 Å². The van der Waals surface area contributed by atoms with Crippen molar-refractivity contribution in [3.63, 3.8) is 0 Å². The molecule has 3 heterocycles. The molecule has 2 saturated heterocycles. The van der Waals surface area contributed by atoms with Gasteiger partial charge in [0.05, 0.1) is 18.5 Å². The third-order valence-electron chi connectivity index (χ3n) is 7.68. The van der Waals surface area contributed by atoms with E-state index in [0.29, 0.717) is 44.2 Å². The molecule has 2 fully saturated rings. The van der Waals surface area contributed by atoms with Gasteiger partial charge in [-0.15, -0.1) is 0 Å². The number of likely N-dealkylation sites (tertiary alicyclic amines) is 1. The molecular weight excluding hydrogens is 442 g/mol. The molecule has 35 heavy (non-hydrogen) atoms. The van der Waals surface area contributed by atoms with Crippen molar-refractivity contribution < 1.29 is 9.90 Å². The average molecular weight is 482 g/mol. The molecule has 8 nitrogen and oxygen atoms in total. The van der Waals surface area contributed by atoms with E-state index in [2.05, 4.69) is 47.9 Å². The van der Waals surface area contributed by atoms with E-state index in [4.69, 9.17) is 0 Å². The summed E-state index contributed by atoms with van der Waals surface area (Å²) in [5, 5.41) is 11.2. The molecule has 4 rings (SSSR count). The third kappa shape index (κ3) is 6.30. The monoisotopic (exact) mass is 481 g/mol. The number of amides is 1. The number of aliphatic hydroxyl groups is 1. The summed E-state index contributed by atoms with van der Waals surface area (Å²) in [6.45, 7) is 5.02. The maximum Gasteiger partial charge on any atom is 0.255 e. The number of piperidine rings is 2. The fourth-order valence-electron chi connectivity index (χ4n) is 5.23. The van der Waals surface area contributed by atoms with E-state index in [-0.39, 0.29) is 23.9 Å². The van der Waals surface area contributed by atoms with Crippen LogP contribution in [0.1, 0.15) is 50.5 Å². The minimum atomic E-state index is -1.02. The zero-order chi connectivity index (χ0) is 25.0. The highest BCUT2D eigenvalue weighted by Gasteiger charge is 2.35. The summed E-state index contributed by atoms with van der Waals surface area (Å²) in [4.78, 5) is 36.5. The van der Waals surface area contributed by atoms with Crippen LogP contribution in [0, 0.1) is 0 Å². The molecule has 1 aromatic heterocycles. The highest BCUT2D eigenvalue weighted by Crippen LogP contribution is 2.26. The van der Waals surface area contributed by atoms with Crippen molar-refractivity contribution in [3.05, 3.63) is 58.6 Å². The van der Waals surface area contributed by atoms with Crippen LogP contribution in [0.4, 0.5) is 5.82 Å². The van der Waals surface area contributed by atoms with Crippen molar-refractivity contribution >= 4 is 11.7 Å². The standard InChI is InChI=1S/C27H39N5O3/c1-21(22-8-5-4-6-9-22)16-25(33)30-14-11-27(35,12-15-30)19-32-20-28-24(17-26(32)34)31-13-7-10-23(18-31)29(2)3/h4-6,8-9,17,20-21,23,35H,7,10-16,18-19H2,1-3H3/t21-,23+/m1/s1. The van der Waals surface area contributed by atoms with Crippen LogP contribution in [-0.4, -0.2) is 82.3 Å². The number of likely N-dealkylation sites (N-methyl/N-ethyl adjacent to an activating group) is 1. The number of hydrogen-bond donors (Lipinski definition) is 1. The molecule has 2 aliphatic rings. The molecule has 1 amide bonds. The van der Waals surface area contributed by atoms with Gasteiger partial charge in [-0.05, 0) is 51.3 Å². The number of carbonyl (C=O) groups is 1. The van der Waals surface area contributed by atoms with Gasteiger partial charge in [0.25, 0.3) is 5.56 Å². The Kier molecular flexibility index (Phi) is 7.91. The molecule has 0 spiro atoms. The average Bonchev–Trinajstić information content (AvgIpc) is 2.86. The van der Waals surface area contributed by atoms with Crippen LogP contribution in [0.5, 0.6) is 0 Å². The lowest BCUT2D eigenvalue weighted by Crippen LogP contribution is -2.50. The fraction of sp³-hybridized carbons (Fsp3) is 0.593. The van der Waals surface area contributed by atoms with Gasteiger partial charge >= 0.3 is 0 Å². The maximum absolute atomic E-state index is 12.9. The van der Waals surface area contributed by atoms with E-state index in [1.165, 1.54) is 4.57 Å². The summed E-state index contributed by atoms with van der Waals surface area (Å²) in [6.07, 6.45) is 5.14. The first-order chi connectivity index (χ1) is 16.7. The summed E-state index contributed by atoms with van der Waals surface area (Å²) < 4.78 is 1.51. The number of nitrogens with zero attached hydrogens (tertiary/aromatic N) is 5. The summed E-state index contributed by atoms with van der Waals surface area (Å²) in [5.41, 5.74) is -0.00669. The lowest BCUT2D eigenvalue weighted by molar-refractivity contribution is -0.136. The first-order valence-electron chi connectivity index (χ1n) is 12.8. The predicted octanol–water partition coefficient (Wildman–Crippen LogP) is 2.32. The molecule has 1 N–H and O–H groups in total. The van der Waals surface area contributed by atoms with E-state index in [1.54, 1.807) is 12.4 Å². The van der Waals surface area contributed by atoms with Crippen molar-refractivity contribution in [2.24, 2.45) is 0 Å². The van der Waals surface area contributed by atoms with Gasteiger partial charge in [0.2, 0.25) is 5.91 Å². The smallest absolute Gasteiger partial charge is 0.255 e. The predicted molar refractivity (Wildman–Crippen MR) is 138 cm³/mol. The summed E-state index contributed by atoms with van der Waals surface area (Å²) in [7, 11) is 4.17. The highest BCUT2D eigenvalue weighted by molar-refractivity contribution is 5.77. The summed E-state index contributed by atoms with van der Waals surface area (Å²) in [5.74, 6) is 0.975. The van der Waals surface area contributed by atoms with Gasteiger partial charge in [-0.2, -0.15) is 0 Å². The van der Waals surface area contributed by atoms with Crippen LogP contribution in [0.25, 0.3) is 0 Å². The Morgan fingerprint density at radius 3 is 2.57 bits per heavy atom. The zero-order valence-electron chi connectivity index (χ0n) is 21.3. The van der Waals surface area contributed by atoms with Crippen molar-refractivity contribution in [1.29, 1.82) is 0 Å². The van der Waals surface area contributed by atoms with Gasteiger partial charge in [0.15, 0.2) is 0 Å². The topological polar surface area (TPSA) is 81.9 Å². The van der Waals surface area contributed by atoms with Crippen LogP contribution < -0.4 is 10.5 Å². The van der Waals surface area contributed by atoms with Gasteiger partial charge in [-0.1, -0.05) is 37.3 Å². The van der Waals surface area contributed by atoms with Crippen molar-refractivity contribution in [2.75, 3.05) is 45.2 Å². The second-order valence-corrected chi connectivity index (χ2v) is 10.5. The first kappa shape index (κ1) is 25.4. The zero-order valence-corrected chi connectivity index (χ0v) is 21.3. The Morgan fingerprint density at radius 2 is 1.91 bits per heavy atom. The van der Waals surface area contributed by atoms with Crippen LogP contribution >= 0.6 is 0 Å². The molecule has 0 aliphatic carbocycles. The van der Waals surface area contributed by atoms with Gasteiger partial charge < -0.3 is 19.8 Å². The van der Waals surface area contributed by atoms with Gasteiger partial charge in [-0.3, -0.25) is 14.2 Å². The SMILES string of the molecule is C[C@H](CC(=O)N1CCC(O)(Cn2cnc(N3CCC[C@H](N(C)C)C3)cc2=O)CC1)c1ccccc1. The van der Waals surface area contributed by atoms with Crippen LogP contribution in [0.15, 0.2) is 47.5 Å². The Hall–Kier alpha value is -2.71. The molecule has 8 heteroatoms. The second kappa shape index (κ2) is 10.9. The number of benzene rings is 1. The minimum absolute atomic E-state index is 0.115. The number of carbonyl (C=O) groups excluding carboxylic acids is 1. The van der Waals surface area contributed by atoms with Gasteiger partial charge in [0, 0.05) is 44.7 Å². The minimum Gasteiger partial charge on any atom is -0.388 e. The van der Waals surface area contributed by atoms with E-state index >= 15 is 0 Å². The molecule has 0 radical (unpaired) electrons. The summed E-state index contributed by atoms with van der Waals surface area (Å²) >= 11 is 0. The molecule has 2 aliphatic heterocycles. The highest BCUT2D eigenvalue weighted by atomic mass is 16.3. The molecule has 2 atom stereocenters. The third-order valence-corrected chi connectivity index (χ3v) is 7.68. The fourth-order valence-corrected chi connectivity index (χ4v) is 5.23. The largest absolute Gasteiger partial charge is 0.388 e. The van der Waals surface area contributed by atoms with Gasteiger partial charge in [-0.25, -0.2) is 4.98 Å². The molecule has 2 aromatic rings. The molecular formula is C27H39N5O3. The van der Waals surface area contributed by atoms with Gasteiger partial charge in [0.1, 0.15) is 5.82 Å². The Balaban J connectivity index is 1.32. The van der Waals surface area contributed by atoms with Crippen LogP contribution in [0.3, 0.4) is 0 Å². The number of hydrogen-bond acceptors (Lipinski definition) is 6. The molecule has 190 valence electrons. The quantitative estimate of drug-likeness (QED) is 0.654. The van der Waals surface area contributed by atoms with Crippen molar-refractivity contribution in [3.8, 4) is 0 Å². The normalized spacial score (nSPS) is 21.2. The molecule has 0 bridgehead atoms. The molecule has 1 aromatic carbocycles. The maximum atomic E-state index is 12.9. The van der Waals surface area contributed by atoms with E-state index in [0.717, 1.165) is 31.5 Å². The Labute approximate surface area is 208 Å². The van der Waals surface area contributed by atoms with E-state index in [9.17, 15) is 14.7 Å². The van der Waals surface area contributed by atoms with E-state index in [1.807, 2.05) is 23.1 Å². The second-order valence-electron chi connectivity index (χ2n) is 10.5. The van der Waals surface area contributed by atoms with Crippen molar-refractivity contribution in [1.82, 2.24) is 19.4 Å². The molecule has 0 unspecified atom stereocenters. The molecule has 0 saturated carbocycles. The summed E-state index contributed by atoms with van der Waals surface area (Å²) in [6, 6.07) is 12.1.